The van der Waals surface area contributed by atoms with E-state index in [2.05, 4.69) is 34.3 Å². The molecule has 7 heteroatoms. The zero-order chi connectivity index (χ0) is 19.4. The van der Waals surface area contributed by atoms with Gasteiger partial charge in [-0.2, -0.15) is 0 Å². The highest BCUT2D eigenvalue weighted by Gasteiger charge is 2.22. The third-order valence-electron chi connectivity index (χ3n) is 4.57. The van der Waals surface area contributed by atoms with E-state index in [0.29, 0.717) is 12.3 Å². The lowest BCUT2D eigenvalue weighted by atomic mass is 10.1. The first kappa shape index (κ1) is 18.7. The summed E-state index contributed by atoms with van der Waals surface area (Å²) in [5.74, 6) is 0.0943. The molecular weight excluding hydrogens is 344 g/mol. The van der Waals surface area contributed by atoms with Gasteiger partial charge in [-0.15, -0.1) is 0 Å². The zero-order valence-electron chi connectivity index (χ0n) is 15.9. The number of benzene rings is 1. The van der Waals surface area contributed by atoms with Crippen LogP contribution in [0, 0.1) is 6.92 Å². The van der Waals surface area contributed by atoms with Crippen LogP contribution in [0.5, 0.6) is 0 Å². The van der Waals surface area contributed by atoms with Crippen LogP contribution in [0.1, 0.15) is 29.5 Å². The van der Waals surface area contributed by atoms with E-state index in [-0.39, 0.29) is 28.1 Å². The molecule has 0 atom stereocenters. The van der Waals surface area contributed by atoms with Crippen LogP contribution in [0.25, 0.3) is 11.1 Å². The molecule has 0 aliphatic carbocycles. The van der Waals surface area contributed by atoms with Gasteiger partial charge in [0, 0.05) is 32.4 Å². The number of para-hydroxylation sites is 1. The van der Waals surface area contributed by atoms with Gasteiger partial charge in [0.15, 0.2) is 0 Å². The molecule has 0 fully saturated rings. The summed E-state index contributed by atoms with van der Waals surface area (Å²) in [5.41, 5.74) is 1.34. The van der Waals surface area contributed by atoms with Gasteiger partial charge < -0.3 is 19.2 Å². The average Bonchev–Trinajstić information content (AvgIpc) is 3.02. The number of amides is 1. The van der Waals surface area contributed by atoms with Gasteiger partial charge in [-0.25, -0.2) is 4.98 Å². The number of hydrogen-bond donors (Lipinski definition) is 1. The largest absolute Gasteiger partial charge is 0.442 e. The van der Waals surface area contributed by atoms with Crippen molar-refractivity contribution in [1.82, 2.24) is 14.9 Å². The Morgan fingerprint density at radius 2 is 2.04 bits per heavy atom. The lowest BCUT2D eigenvalue weighted by molar-refractivity contribution is 0.0953. The van der Waals surface area contributed by atoms with E-state index in [4.69, 9.17) is 4.42 Å². The standard InChI is InChI=1S/C20H24N4O3/c1-4-24(15-9-6-5-7-10-15)12-8-11-21-18(25)16-14(2)27-19-17(16)20(26)23(3)13-22-19/h5-7,9-10,13H,4,8,11-12H2,1-3H3,(H,21,25). The summed E-state index contributed by atoms with van der Waals surface area (Å²) in [6.07, 6.45) is 2.18. The predicted octanol–water partition coefficient (Wildman–Crippen LogP) is 2.48. The minimum absolute atomic E-state index is 0.196. The van der Waals surface area contributed by atoms with E-state index in [0.717, 1.165) is 25.2 Å². The molecule has 2 aromatic heterocycles. The Morgan fingerprint density at radius 3 is 2.74 bits per heavy atom. The molecule has 1 N–H and O–H groups in total. The Labute approximate surface area is 157 Å². The second-order valence-electron chi connectivity index (χ2n) is 6.40. The third kappa shape index (κ3) is 3.86. The zero-order valence-corrected chi connectivity index (χ0v) is 15.9. The van der Waals surface area contributed by atoms with E-state index in [1.807, 2.05) is 18.2 Å². The molecule has 0 saturated carbocycles. The second kappa shape index (κ2) is 8.07. The van der Waals surface area contributed by atoms with Crippen molar-refractivity contribution in [1.29, 1.82) is 0 Å². The summed E-state index contributed by atoms with van der Waals surface area (Å²) in [6, 6.07) is 10.2. The Bertz CT molecular complexity index is 992. The van der Waals surface area contributed by atoms with Gasteiger partial charge in [0.25, 0.3) is 11.5 Å². The van der Waals surface area contributed by atoms with E-state index >= 15 is 0 Å². The van der Waals surface area contributed by atoms with Gasteiger partial charge in [-0.1, -0.05) is 18.2 Å². The summed E-state index contributed by atoms with van der Waals surface area (Å²) in [7, 11) is 1.60. The molecule has 0 aliphatic heterocycles. The number of rotatable bonds is 7. The monoisotopic (exact) mass is 368 g/mol. The van der Waals surface area contributed by atoms with Crippen LogP contribution in [0.15, 0.2) is 45.9 Å². The first-order valence-electron chi connectivity index (χ1n) is 9.05. The summed E-state index contributed by atoms with van der Waals surface area (Å²) in [5, 5.41) is 3.13. The molecule has 1 aromatic carbocycles. The number of carbonyl (C=O) groups excluding carboxylic acids is 1. The molecule has 3 rings (SSSR count). The van der Waals surface area contributed by atoms with Gasteiger partial charge in [0.1, 0.15) is 17.5 Å². The van der Waals surface area contributed by atoms with Crippen LogP contribution in [-0.2, 0) is 7.05 Å². The average molecular weight is 368 g/mol. The molecule has 0 unspecified atom stereocenters. The van der Waals surface area contributed by atoms with E-state index < -0.39 is 0 Å². The van der Waals surface area contributed by atoms with Crippen molar-refractivity contribution in [3.05, 3.63) is 58.3 Å². The molecule has 27 heavy (non-hydrogen) atoms. The van der Waals surface area contributed by atoms with Gasteiger partial charge in [-0.3, -0.25) is 9.59 Å². The molecule has 1 amide bonds. The number of aromatic nitrogens is 2. The molecule has 0 radical (unpaired) electrons. The van der Waals surface area contributed by atoms with Gasteiger partial charge >= 0.3 is 0 Å². The molecule has 7 nitrogen and oxygen atoms in total. The van der Waals surface area contributed by atoms with Gasteiger partial charge in [0.2, 0.25) is 5.71 Å². The maximum absolute atomic E-state index is 12.6. The summed E-state index contributed by atoms with van der Waals surface area (Å²) in [4.78, 5) is 31.3. The maximum Gasteiger partial charge on any atom is 0.265 e. The number of fused-ring (bicyclic) bond motifs is 1. The van der Waals surface area contributed by atoms with Crippen molar-refractivity contribution in [3.8, 4) is 0 Å². The van der Waals surface area contributed by atoms with Crippen LogP contribution in [0.3, 0.4) is 0 Å². The van der Waals surface area contributed by atoms with Crippen molar-refractivity contribution in [2.45, 2.75) is 20.3 Å². The van der Waals surface area contributed by atoms with Crippen molar-refractivity contribution in [2.24, 2.45) is 7.05 Å². The van der Waals surface area contributed by atoms with Crippen molar-refractivity contribution in [2.75, 3.05) is 24.5 Å². The highest BCUT2D eigenvalue weighted by atomic mass is 16.3. The van der Waals surface area contributed by atoms with Crippen LogP contribution in [0.4, 0.5) is 5.69 Å². The maximum atomic E-state index is 12.6. The fraction of sp³-hybridized carbons (Fsp3) is 0.350. The van der Waals surface area contributed by atoms with Crippen LogP contribution >= 0.6 is 0 Å². The quantitative estimate of drug-likeness (QED) is 0.648. The Morgan fingerprint density at radius 1 is 1.30 bits per heavy atom. The second-order valence-corrected chi connectivity index (χ2v) is 6.40. The first-order chi connectivity index (χ1) is 13.0. The number of nitrogens with zero attached hydrogens (tertiary/aromatic N) is 3. The lowest BCUT2D eigenvalue weighted by Gasteiger charge is -2.23. The first-order valence-corrected chi connectivity index (χ1v) is 9.05. The van der Waals surface area contributed by atoms with Crippen LogP contribution in [0.2, 0.25) is 0 Å². The number of aryl methyl sites for hydroxylation is 2. The van der Waals surface area contributed by atoms with Crippen molar-refractivity contribution in [3.63, 3.8) is 0 Å². The molecule has 3 aromatic rings. The molecule has 0 spiro atoms. The Kier molecular flexibility index (Phi) is 5.59. The number of furan rings is 1. The van der Waals surface area contributed by atoms with E-state index in [1.54, 1.807) is 14.0 Å². The number of carbonyl (C=O) groups is 1. The highest BCUT2D eigenvalue weighted by Crippen LogP contribution is 2.20. The van der Waals surface area contributed by atoms with Gasteiger partial charge in [-0.05, 0) is 32.4 Å². The minimum Gasteiger partial charge on any atom is -0.442 e. The highest BCUT2D eigenvalue weighted by molar-refractivity contribution is 6.06. The number of anilines is 1. The SMILES string of the molecule is CCN(CCCNC(=O)c1c(C)oc2ncn(C)c(=O)c12)c1ccccc1. The van der Waals surface area contributed by atoms with Crippen LogP contribution < -0.4 is 15.8 Å². The third-order valence-corrected chi connectivity index (χ3v) is 4.57. The Hall–Kier alpha value is -3.09. The lowest BCUT2D eigenvalue weighted by Crippen LogP contribution is -2.30. The number of nitrogens with one attached hydrogen (secondary N) is 1. The molecule has 0 saturated heterocycles. The molecule has 142 valence electrons. The van der Waals surface area contributed by atoms with Crippen LogP contribution in [-0.4, -0.2) is 35.1 Å². The van der Waals surface area contributed by atoms with Gasteiger partial charge in [0.05, 0.1) is 5.56 Å². The van der Waals surface area contributed by atoms with E-state index in [1.165, 1.54) is 10.9 Å². The molecule has 0 aliphatic rings. The Balaban J connectivity index is 1.65. The summed E-state index contributed by atoms with van der Waals surface area (Å²) < 4.78 is 6.82. The number of hydrogen-bond acceptors (Lipinski definition) is 5. The fourth-order valence-electron chi connectivity index (χ4n) is 3.13. The van der Waals surface area contributed by atoms with E-state index in [9.17, 15) is 9.59 Å². The summed E-state index contributed by atoms with van der Waals surface area (Å²) >= 11 is 0. The molecule has 2 heterocycles. The summed E-state index contributed by atoms with van der Waals surface area (Å²) in [6.45, 7) is 6.01. The normalized spacial score (nSPS) is 10.9. The topological polar surface area (TPSA) is 80.4 Å². The fourth-order valence-corrected chi connectivity index (χ4v) is 3.13. The van der Waals surface area contributed by atoms with Crippen molar-refractivity contribution < 1.29 is 9.21 Å². The smallest absolute Gasteiger partial charge is 0.265 e. The van der Waals surface area contributed by atoms with Crippen molar-refractivity contribution >= 4 is 22.7 Å². The molecular formula is C20H24N4O3. The minimum atomic E-state index is -0.306. The molecule has 0 bridgehead atoms. The predicted molar refractivity (Wildman–Crippen MR) is 105 cm³/mol.